The third-order valence-electron chi connectivity index (χ3n) is 3.22. The van der Waals surface area contributed by atoms with Crippen molar-refractivity contribution >= 4 is 5.97 Å². The molecule has 0 amide bonds. The van der Waals surface area contributed by atoms with Crippen LogP contribution in [0.15, 0.2) is 0 Å². The number of esters is 1. The number of nitrogens with zero attached hydrogens (tertiary/aromatic N) is 1. The van der Waals surface area contributed by atoms with Gasteiger partial charge in [-0.15, -0.1) is 0 Å². The Morgan fingerprint density at radius 2 is 2.07 bits per heavy atom. The molecule has 0 aliphatic carbocycles. The molecule has 4 heteroatoms. The third-order valence-corrected chi connectivity index (χ3v) is 3.22. The van der Waals surface area contributed by atoms with Crippen molar-refractivity contribution in [2.75, 3.05) is 33.3 Å². The number of rotatable bonds is 4. The monoisotopic (exact) mass is 214 g/mol. The van der Waals surface area contributed by atoms with E-state index in [4.69, 9.17) is 4.74 Å². The minimum atomic E-state index is -0.106. The van der Waals surface area contributed by atoms with Crippen molar-refractivity contribution in [1.82, 2.24) is 10.2 Å². The van der Waals surface area contributed by atoms with Crippen molar-refractivity contribution in [3.8, 4) is 0 Å². The van der Waals surface area contributed by atoms with E-state index >= 15 is 0 Å². The normalized spacial score (nSPS) is 21.3. The molecule has 88 valence electrons. The highest BCUT2D eigenvalue weighted by atomic mass is 16.5. The summed E-state index contributed by atoms with van der Waals surface area (Å²) < 4.78 is 4.93. The lowest BCUT2D eigenvalue weighted by molar-refractivity contribution is -0.144. The molecule has 1 heterocycles. The summed E-state index contributed by atoms with van der Waals surface area (Å²) in [4.78, 5) is 13.4. The van der Waals surface area contributed by atoms with Gasteiger partial charge in [-0.3, -0.25) is 9.69 Å². The summed E-state index contributed by atoms with van der Waals surface area (Å²) in [5.74, 6) is -0.106. The Balaban J connectivity index is 2.28. The van der Waals surface area contributed by atoms with Crippen molar-refractivity contribution in [1.29, 1.82) is 0 Å². The number of carbonyl (C=O) groups is 1. The predicted molar refractivity (Wildman–Crippen MR) is 59.8 cm³/mol. The van der Waals surface area contributed by atoms with Crippen LogP contribution in [0.5, 0.6) is 0 Å². The summed E-state index contributed by atoms with van der Waals surface area (Å²) in [7, 11) is 2.00. The highest BCUT2D eigenvalue weighted by molar-refractivity contribution is 5.71. The number of likely N-dealkylation sites (tertiary alicyclic amines) is 1. The second-order valence-electron chi connectivity index (χ2n) is 4.39. The van der Waals surface area contributed by atoms with E-state index in [1.807, 2.05) is 14.0 Å². The molecule has 15 heavy (non-hydrogen) atoms. The first-order chi connectivity index (χ1) is 7.09. The molecule has 0 bridgehead atoms. The Morgan fingerprint density at radius 1 is 1.47 bits per heavy atom. The first kappa shape index (κ1) is 12.5. The lowest BCUT2D eigenvalue weighted by atomic mass is 9.90. The summed E-state index contributed by atoms with van der Waals surface area (Å²) in [5, 5.41) is 3.34. The van der Waals surface area contributed by atoms with E-state index in [0.29, 0.717) is 13.2 Å². The fourth-order valence-corrected chi connectivity index (χ4v) is 1.84. The molecular weight excluding hydrogens is 192 g/mol. The number of nitrogens with one attached hydrogen (secondary N) is 1. The van der Waals surface area contributed by atoms with Crippen LogP contribution in [-0.2, 0) is 9.53 Å². The standard InChI is InChI=1S/C11H22N2O2/c1-4-15-10(14)9-13-7-5-11(2,12-3)6-8-13/h12H,4-9H2,1-3H3. The summed E-state index contributed by atoms with van der Waals surface area (Å²) in [6.07, 6.45) is 2.17. The maximum atomic E-state index is 11.3. The quantitative estimate of drug-likeness (QED) is 0.697. The minimum Gasteiger partial charge on any atom is -0.465 e. The van der Waals surface area contributed by atoms with E-state index in [-0.39, 0.29) is 11.5 Å². The van der Waals surface area contributed by atoms with Gasteiger partial charge < -0.3 is 10.1 Å². The Hall–Kier alpha value is -0.610. The number of hydrogen-bond donors (Lipinski definition) is 1. The lowest BCUT2D eigenvalue weighted by Gasteiger charge is -2.38. The summed E-state index contributed by atoms with van der Waals surface area (Å²) in [6, 6.07) is 0. The van der Waals surface area contributed by atoms with Gasteiger partial charge in [0.25, 0.3) is 0 Å². The maximum Gasteiger partial charge on any atom is 0.320 e. The van der Waals surface area contributed by atoms with Gasteiger partial charge in [-0.05, 0) is 33.7 Å². The minimum absolute atomic E-state index is 0.106. The van der Waals surface area contributed by atoms with Crippen LogP contribution in [-0.4, -0.2) is 49.7 Å². The highest BCUT2D eigenvalue weighted by Gasteiger charge is 2.28. The zero-order valence-corrected chi connectivity index (χ0v) is 10.0. The molecule has 0 aromatic rings. The molecule has 1 saturated heterocycles. The van der Waals surface area contributed by atoms with Crippen molar-refractivity contribution in [3.63, 3.8) is 0 Å². The zero-order chi connectivity index (χ0) is 11.3. The SMILES string of the molecule is CCOC(=O)CN1CCC(C)(NC)CC1. The van der Waals surface area contributed by atoms with Gasteiger partial charge in [0.15, 0.2) is 0 Å². The Labute approximate surface area is 92.0 Å². The zero-order valence-electron chi connectivity index (χ0n) is 10.0. The van der Waals surface area contributed by atoms with E-state index in [1.165, 1.54) is 0 Å². The average molecular weight is 214 g/mol. The van der Waals surface area contributed by atoms with E-state index < -0.39 is 0 Å². The molecule has 1 aliphatic rings. The van der Waals surface area contributed by atoms with E-state index in [9.17, 15) is 4.79 Å². The molecule has 1 rings (SSSR count). The molecule has 0 spiro atoms. The van der Waals surface area contributed by atoms with Crippen molar-refractivity contribution in [2.45, 2.75) is 32.2 Å². The molecule has 0 radical (unpaired) electrons. The van der Waals surface area contributed by atoms with Gasteiger partial charge in [-0.25, -0.2) is 0 Å². The number of hydrogen-bond acceptors (Lipinski definition) is 4. The van der Waals surface area contributed by atoms with Gasteiger partial charge in [0.2, 0.25) is 0 Å². The number of carbonyl (C=O) groups excluding carboxylic acids is 1. The van der Waals surface area contributed by atoms with Gasteiger partial charge in [-0.2, -0.15) is 0 Å². The molecule has 0 aromatic carbocycles. The average Bonchev–Trinajstić information content (AvgIpc) is 2.22. The Bertz CT molecular complexity index is 211. The molecule has 0 unspecified atom stereocenters. The molecule has 0 aromatic heterocycles. The molecule has 0 atom stereocenters. The van der Waals surface area contributed by atoms with Crippen LogP contribution in [0.1, 0.15) is 26.7 Å². The van der Waals surface area contributed by atoms with Crippen molar-refractivity contribution < 1.29 is 9.53 Å². The topological polar surface area (TPSA) is 41.6 Å². The summed E-state index contributed by atoms with van der Waals surface area (Å²) >= 11 is 0. The maximum absolute atomic E-state index is 11.3. The van der Waals surface area contributed by atoms with Gasteiger partial charge >= 0.3 is 5.97 Å². The van der Waals surface area contributed by atoms with Crippen LogP contribution in [0.4, 0.5) is 0 Å². The van der Waals surface area contributed by atoms with Crippen LogP contribution < -0.4 is 5.32 Å². The number of piperidine rings is 1. The fraction of sp³-hybridized carbons (Fsp3) is 0.909. The van der Waals surface area contributed by atoms with Crippen LogP contribution in [0.3, 0.4) is 0 Å². The smallest absolute Gasteiger partial charge is 0.320 e. The van der Waals surface area contributed by atoms with Gasteiger partial charge in [0.1, 0.15) is 0 Å². The second-order valence-corrected chi connectivity index (χ2v) is 4.39. The fourth-order valence-electron chi connectivity index (χ4n) is 1.84. The predicted octanol–water partition coefficient (Wildman–Crippen LogP) is 0.623. The van der Waals surface area contributed by atoms with Crippen molar-refractivity contribution in [2.24, 2.45) is 0 Å². The molecule has 1 aliphatic heterocycles. The largest absolute Gasteiger partial charge is 0.465 e. The number of ether oxygens (including phenoxy) is 1. The molecular formula is C11H22N2O2. The van der Waals surface area contributed by atoms with Crippen LogP contribution >= 0.6 is 0 Å². The van der Waals surface area contributed by atoms with Crippen LogP contribution in [0.25, 0.3) is 0 Å². The lowest BCUT2D eigenvalue weighted by Crippen LogP contribution is -2.50. The molecule has 1 N–H and O–H groups in total. The van der Waals surface area contributed by atoms with Crippen LogP contribution in [0.2, 0.25) is 0 Å². The van der Waals surface area contributed by atoms with Gasteiger partial charge in [0, 0.05) is 18.6 Å². The summed E-state index contributed by atoms with van der Waals surface area (Å²) in [5.41, 5.74) is 0.241. The summed E-state index contributed by atoms with van der Waals surface area (Å²) in [6.45, 7) is 6.92. The van der Waals surface area contributed by atoms with E-state index in [2.05, 4.69) is 17.1 Å². The third kappa shape index (κ3) is 3.80. The van der Waals surface area contributed by atoms with Crippen molar-refractivity contribution in [3.05, 3.63) is 0 Å². The van der Waals surface area contributed by atoms with E-state index in [0.717, 1.165) is 25.9 Å². The first-order valence-electron chi connectivity index (χ1n) is 5.66. The molecule has 1 fully saturated rings. The van der Waals surface area contributed by atoms with Gasteiger partial charge in [-0.1, -0.05) is 0 Å². The van der Waals surface area contributed by atoms with E-state index in [1.54, 1.807) is 0 Å². The molecule has 4 nitrogen and oxygen atoms in total. The Morgan fingerprint density at radius 3 is 2.53 bits per heavy atom. The second kappa shape index (κ2) is 5.47. The van der Waals surface area contributed by atoms with Gasteiger partial charge in [0.05, 0.1) is 13.2 Å². The Kier molecular flexibility index (Phi) is 4.54. The highest BCUT2D eigenvalue weighted by Crippen LogP contribution is 2.20. The molecule has 0 saturated carbocycles. The first-order valence-corrected chi connectivity index (χ1v) is 5.66. The van der Waals surface area contributed by atoms with Crippen LogP contribution in [0, 0.1) is 0 Å².